The van der Waals surface area contributed by atoms with Crippen LogP contribution in [-0.2, 0) is 5.41 Å². The molecule has 0 bridgehead atoms. The smallest absolute Gasteiger partial charge is 0.137 e. The van der Waals surface area contributed by atoms with Crippen molar-refractivity contribution in [2.24, 2.45) is 0 Å². The molecule has 0 radical (unpaired) electrons. The molecule has 5 nitrogen and oxygen atoms in total. The van der Waals surface area contributed by atoms with Crippen LogP contribution in [0.4, 0.5) is 5.82 Å². The van der Waals surface area contributed by atoms with Gasteiger partial charge in [-0.15, -0.1) is 0 Å². The lowest BCUT2D eigenvalue weighted by Gasteiger charge is -2.18. The minimum absolute atomic E-state index is 0.197. The van der Waals surface area contributed by atoms with E-state index in [1.54, 1.807) is 6.07 Å². The fourth-order valence-corrected chi connectivity index (χ4v) is 1.31. The fourth-order valence-electron chi connectivity index (χ4n) is 1.13. The van der Waals surface area contributed by atoms with E-state index in [0.717, 1.165) is 0 Å². The first-order chi connectivity index (χ1) is 7.82. The van der Waals surface area contributed by atoms with Crippen molar-refractivity contribution in [2.45, 2.75) is 32.3 Å². The summed E-state index contributed by atoms with van der Waals surface area (Å²) in [5.74, 6) is 1.17. The summed E-state index contributed by atoms with van der Waals surface area (Å²) in [5.41, 5.74) is -0.197. The van der Waals surface area contributed by atoms with Crippen molar-refractivity contribution in [1.29, 1.82) is 0 Å². The van der Waals surface area contributed by atoms with Crippen LogP contribution in [0.2, 0.25) is 5.15 Å². The number of aliphatic hydroxyl groups excluding tert-OH is 2. The Balaban J connectivity index is 2.83. The zero-order chi connectivity index (χ0) is 13.1. The molecule has 0 saturated heterocycles. The molecule has 1 atom stereocenters. The van der Waals surface area contributed by atoms with E-state index in [2.05, 4.69) is 15.3 Å². The molecule has 1 aromatic rings. The Kier molecular flexibility index (Phi) is 4.68. The van der Waals surface area contributed by atoms with Gasteiger partial charge in [-0.3, -0.25) is 0 Å². The first kappa shape index (κ1) is 14.2. The van der Waals surface area contributed by atoms with Gasteiger partial charge in [0.2, 0.25) is 0 Å². The number of hydrogen-bond donors (Lipinski definition) is 3. The number of rotatable bonds is 4. The first-order valence-corrected chi connectivity index (χ1v) is 5.78. The third-order valence-electron chi connectivity index (χ3n) is 2.10. The molecule has 1 unspecified atom stereocenters. The molecule has 6 heteroatoms. The predicted octanol–water partition coefficient (Wildman–Crippen LogP) is 1.19. The number of halogens is 1. The van der Waals surface area contributed by atoms with E-state index in [-0.39, 0.29) is 18.6 Å². The van der Waals surface area contributed by atoms with Crippen molar-refractivity contribution in [3.05, 3.63) is 17.0 Å². The molecule has 0 fully saturated rings. The van der Waals surface area contributed by atoms with Gasteiger partial charge in [-0.05, 0) is 0 Å². The first-order valence-electron chi connectivity index (χ1n) is 5.41. The second-order valence-corrected chi connectivity index (χ2v) is 5.25. The molecule has 1 heterocycles. The molecular weight excluding hydrogens is 242 g/mol. The number of nitrogens with one attached hydrogen (secondary N) is 1. The lowest BCUT2D eigenvalue weighted by molar-refractivity contribution is 0.105. The van der Waals surface area contributed by atoms with Gasteiger partial charge < -0.3 is 15.5 Å². The van der Waals surface area contributed by atoms with Crippen LogP contribution in [0.25, 0.3) is 0 Å². The molecule has 96 valence electrons. The van der Waals surface area contributed by atoms with E-state index in [1.165, 1.54) is 0 Å². The molecule has 0 amide bonds. The fraction of sp³-hybridized carbons (Fsp3) is 0.636. The molecule has 1 rings (SSSR count). The van der Waals surface area contributed by atoms with Gasteiger partial charge in [-0.2, -0.15) is 0 Å². The van der Waals surface area contributed by atoms with Crippen LogP contribution in [-0.4, -0.2) is 39.4 Å². The molecular formula is C11H18ClN3O2. The van der Waals surface area contributed by atoms with E-state index in [0.29, 0.717) is 16.8 Å². The van der Waals surface area contributed by atoms with Crippen LogP contribution in [0, 0.1) is 0 Å². The predicted molar refractivity (Wildman–Crippen MR) is 67.3 cm³/mol. The maximum Gasteiger partial charge on any atom is 0.137 e. The largest absolute Gasteiger partial charge is 0.394 e. The van der Waals surface area contributed by atoms with E-state index < -0.39 is 6.10 Å². The second-order valence-electron chi connectivity index (χ2n) is 4.87. The molecule has 17 heavy (non-hydrogen) atoms. The summed E-state index contributed by atoms with van der Waals surface area (Å²) in [5, 5.41) is 21.2. The molecule has 3 N–H and O–H groups in total. The minimum Gasteiger partial charge on any atom is -0.394 e. The van der Waals surface area contributed by atoms with Crippen LogP contribution in [0.3, 0.4) is 0 Å². The van der Waals surface area contributed by atoms with Gasteiger partial charge in [-0.25, -0.2) is 9.97 Å². The van der Waals surface area contributed by atoms with Crippen LogP contribution in [0.5, 0.6) is 0 Å². The number of nitrogens with zero attached hydrogens (tertiary/aromatic N) is 2. The van der Waals surface area contributed by atoms with Gasteiger partial charge in [0.05, 0.1) is 12.7 Å². The van der Waals surface area contributed by atoms with Crippen molar-refractivity contribution in [3.8, 4) is 0 Å². The summed E-state index contributed by atoms with van der Waals surface area (Å²) in [4.78, 5) is 8.47. The van der Waals surface area contributed by atoms with Gasteiger partial charge in [0.25, 0.3) is 0 Å². The average molecular weight is 260 g/mol. The average Bonchev–Trinajstić information content (AvgIpc) is 2.24. The van der Waals surface area contributed by atoms with E-state index in [4.69, 9.17) is 16.7 Å². The van der Waals surface area contributed by atoms with Crippen LogP contribution < -0.4 is 5.32 Å². The number of hydrogen-bond acceptors (Lipinski definition) is 5. The molecule has 0 aliphatic rings. The number of anilines is 1. The lowest BCUT2D eigenvalue weighted by Crippen LogP contribution is -2.24. The highest BCUT2D eigenvalue weighted by atomic mass is 35.5. The maximum absolute atomic E-state index is 9.23. The Morgan fingerprint density at radius 2 is 2.06 bits per heavy atom. The van der Waals surface area contributed by atoms with Crippen LogP contribution in [0.15, 0.2) is 6.07 Å². The Labute approximate surface area is 106 Å². The summed E-state index contributed by atoms with van der Waals surface area (Å²) < 4.78 is 0. The SMILES string of the molecule is CC(C)(C)c1nc(Cl)cc(NCC(O)CO)n1. The van der Waals surface area contributed by atoms with Gasteiger partial charge in [0.1, 0.15) is 16.8 Å². The topological polar surface area (TPSA) is 78.3 Å². The Hall–Kier alpha value is -0.910. The van der Waals surface area contributed by atoms with E-state index in [1.807, 2.05) is 20.8 Å². The van der Waals surface area contributed by atoms with E-state index >= 15 is 0 Å². The quantitative estimate of drug-likeness (QED) is 0.708. The third-order valence-corrected chi connectivity index (χ3v) is 2.29. The Morgan fingerprint density at radius 3 is 2.59 bits per heavy atom. The zero-order valence-electron chi connectivity index (χ0n) is 10.2. The van der Waals surface area contributed by atoms with Gasteiger partial charge in [-0.1, -0.05) is 32.4 Å². The second kappa shape index (κ2) is 5.62. The third kappa shape index (κ3) is 4.46. The maximum atomic E-state index is 9.23. The van der Waals surface area contributed by atoms with Crippen LogP contribution in [0.1, 0.15) is 26.6 Å². The van der Waals surface area contributed by atoms with Crippen molar-refractivity contribution in [1.82, 2.24) is 9.97 Å². The van der Waals surface area contributed by atoms with Crippen molar-refractivity contribution >= 4 is 17.4 Å². The normalized spacial score (nSPS) is 13.5. The summed E-state index contributed by atoms with van der Waals surface area (Å²) in [6.45, 7) is 5.90. The van der Waals surface area contributed by atoms with Crippen molar-refractivity contribution in [2.75, 3.05) is 18.5 Å². The standard InChI is InChI=1S/C11H18ClN3O2/c1-11(2,3)10-14-8(12)4-9(15-10)13-5-7(17)6-16/h4,7,16-17H,5-6H2,1-3H3,(H,13,14,15). The highest BCUT2D eigenvalue weighted by molar-refractivity contribution is 6.29. The lowest BCUT2D eigenvalue weighted by atomic mass is 9.96. The number of aromatic nitrogens is 2. The molecule has 1 aromatic heterocycles. The minimum atomic E-state index is -0.818. The van der Waals surface area contributed by atoms with Gasteiger partial charge in [0, 0.05) is 18.0 Å². The molecule has 0 saturated carbocycles. The summed E-state index contributed by atoms with van der Waals surface area (Å²) in [7, 11) is 0. The molecule has 0 spiro atoms. The Bertz CT molecular complexity index is 379. The van der Waals surface area contributed by atoms with E-state index in [9.17, 15) is 5.11 Å². The Morgan fingerprint density at radius 1 is 1.41 bits per heavy atom. The van der Waals surface area contributed by atoms with Gasteiger partial charge in [0.15, 0.2) is 0 Å². The molecule has 0 aliphatic carbocycles. The highest BCUT2D eigenvalue weighted by Gasteiger charge is 2.18. The van der Waals surface area contributed by atoms with Crippen molar-refractivity contribution in [3.63, 3.8) is 0 Å². The zero-order valence-corrected chi connectivity index (χ0v) is 11.0. The van der Waals surface area contributed by atoms with Crippen molar-refractivity contribution < 1.29 is 10.2 Å². The highest BCUT2D eigenvalue weighted by Crippen LogP contribution is 2.22. The monoisotopic (exact) mass is 259 g/mol. The summed E-state index contributed by atoms with van der Waals surface area (Å²) in [6, 6.07) is 1.58. The van der Waals surface area contributed by atoms with Gasteiger partial charge >= 0.3 is 0 Å². The van der Waals surface area contributed by atoms with Crippen LogP contribution >= 0.6 is 11.6 Å². The number of aliphatic hydroxyl groups is 2. The summed E-state index contributed by atoms with van der Waals surface area (Å²) in [6.07, 6.45) is -0.818. The molecule has 0 aliphatic heterocycles. The summed E-state index contributed by atoms with van der Waals surface area (Å²) >= 11 is 5.90. The molecule has 0 aromatic carbocycles.